The van der Waals surface area contributed by atoms with Gasteiger partial charge in [0.1, 0.15) is 0 Å². The maximum atomic E-state index is 11.9. The van der Waals surface area contributed by atoms with E-state index in [1.165, 1.54) is 5.56 Å². The van der Waals surface area contributed by atoms with Gasteiger partial charge in [-0.25, -0.2) is 0 Å². The van der Waals surface area contributed by atoms with E-state index in [0.717, 1.165) is 32.3 Å². The molecule has 0 aromatic heterocycles. The second-order valence-electron chi connectivity index (χ2n) is 5.54. The van der Waals surface area contributed by atoms with Gasteiger partial charge in [0.25, 0.3) is 10.1 Å². The second-order valence-corrected chi connectivity index (χ2v) is 7.16. The van der Waals surface area contributed by atoms with Crippen LogP contribution in [0.15, 0.2) is 65.6 Å². The molecule has 2 rings (SSSR count). The van der Waals surface area contributed by atoms with Gasteiger partial charge in [0.15, 0.2) is 0 Å². The largest absolute Gasteiger partial charge is 0.377 e. The lowest BCUT2D eigenvalue weighted by atomic mass is 10.2. The van der Waals surface area contributed by atoms with Crippen LogP contribution in [0.1, 0.15) is 31.2 Å². The molecular formula is C19H24O4S. The predicted octanol–water partition coefficient (Wildman–Crippen LogP) is 4.17. The van der Waals surface area contributed by atoms with Crippen LogP contribution in [0.4, 0.5) is 0 Å². The number of rotatable bonds is 11. The van der Waals surface area contributed by atoms with Gasteiger partial charge in [-0.1, -0.05) is 61.4 Å². The summed E-state index contributed by atoms with van der Waals surface area (Å²) in [6, 6.07) is 18.3. The molecule has 0 fully saturated rings. The van der Waals surface area contributed by atoms with Crippen molar-refractivity contribution >= 4 is 10.1 Å². The number of benzene rings is 2. The van der Waals surface area contributed by atoms with Crippen LogP contribution in [0, 0.1) is 0 Å². The summed E-state index contributed by atoms with van der Waals surface area (Å²) in [5.41, 5.74) is 1.18. The number of hydrogen-bond donors (Lipinski definition) is 0. The Morgan fingerprint density at radius 2 is 1.29 bits per heavy atom. The van der Waals surface area contributed by atoms with E-state index in [1.807, 2.05) is 30.3 Å². The van der Waals surface area contributed by atoms with Crippen molar-refractivity contribution in [2.75, 3.05) is 13.2 Å². The Morgan fingerprint density at radius 1 is 0.708 bits per heavy atom. The summed E-state index contributed by atoms with van der Waals surface area (Å²) in [7, 11) is -3.62. The van der Waals surface area contributed by atoms with E-state index in [-0.39, 0.29) is 11.5 Å². The number of hydrogen-bond acceptors (Lipinski definition) is 4. The fourth-order valence-corrected chi connectivity index (χ4v) is 3.21. The Morgan fingerprint density at radius 3 is 1.96 bits per heavy atom. The molecule has 0 spiro atoms. The summed E-state index contributed by atoms with van der Waals surface area (Å²) >= 11 is 0. The van der Waals surface area contributed by atoms with Crippen LogP contribution >= 0.6 is 0 Å². The van der Waals surface area contributed by atoms with Crippen molar-refractivity contribution < 1.29 is 17.3 Å². The molecule has 0 heterocycles. The van der Waals surface area contributed by atoms with E-state index in [4.69, 9.17) is 8.92 Å². The Hall–Kier alpha value is -1.69. The highest BCUT2D eigenvalue weighted by Gasteiger charge is 2.13. The van der Waals surface area contributed by atoms with Crippen LogP contribution in [-0.2, 0) is 25.6 Å². The molecule has 0 unspecified atom stereocenters. The minimum absolute atomic E-state index is 0.208. The molecule has 0 aliphatic carbocycles. The van der Waals surface area contributed by atoms with Crippen molar-refractivity contribution in [3.8, 4) is 0 Å². The van der Waals surface area contributed by atoms with Crippen LogP contribution < -0.4 is 0 Å². The predicted molar refractivity (Wildman–Crippen MR) is 94.1 cm³/mol. The van der Waals surface area contributed by atoms with Crippen molar-refractivity contribution in [1.82, 2.24) is 0 Å². The molecule has 0 atom stereocenters. The zero-order valence-electron chi connectivity index (χ0n) is 13.8. The minimum atomic E-state index is -3.62. The summed E-state index contributed by atoms with van der Waals surface area (Å²) in [5.74, 6) is 0. The molecule has 0 N–H and O–H groups in total. The topological polar surface area (TPSA) is 52.6 Å². The van der Waals surface area contributed by atoms with Gasteiger partial charge >= 0.3 is 0 Å². The smallest absolute Gasteiger partial charge is 0.296 e. The molecule has 0 aliphatic rings. The second kappa shape index (κ2) is 10.2. The maximum absolute atomic E-state index is 11.9. The van der Waals surface area contributed by atoms with Gasteiger partial charge in [0.05, 0.1) is 18.1 Å². The zero-order valence-corrected chi connectivity index (χ0v) is 14.6. The molecule has 4 nitrogen and oxygen atoms in total. The summed E-state index contributed by atoms with van der Waals surface area (Å²) in [6.07, 6.45) is 3.63. The first-order chi connectivity index (χ1) is 11.7. The van der Waals surface area contributed by atoms with Crippen molar-refractivity contribution in [2.24, 2.45) is 0 Å². The summed E-state index contributed by atoms with van der Waals surface area (Å²) in [4.78, 5) is 0.208. The van der Waals surface area contributed by atoms with Crippen LogP contribution in [0.3, 0.4) is 0 Å². The first-order valence-corrected chi connectivity index (χ1v) is 9.65. The van der Waals surface area contributed by atoms with Crippen LogP contribution in [0.5, 0.6) is 0 Å². The highest BCUT2D eigenvalue weighted by molar-refractivity contribution is 7.86. The Kier molecular flexibility index (Phi) is 7.95. The maximum Gasteiger partial charge on any atom is 0.296 e. The van der Waals surface area contributed by atoms with Crippen LogP contribution in [-0.4, -0.2) is 21.6 Å². The van der Waals surface area contributed by atoms with E-state index >= 15 is 0 Å². The zero-order chi connectivity index (χ0) is 17.1. The van der Waals surface area contributed by atoms with E-state index in [0.29, 0.717) is 6.61 Å². The average Bonchev–Trinajstić information content (AvgIpc) is 2.62. The molecule has 130 valence electrons. The summed E-state index contributed by atoms with van der Waals surface area (Å²) < 4.78 is 34.5. The molecule has 0 radical (unpaired) electrons. The van der Waals surface area contributed by atoms with E-state index in [9.17, 15) is 8.42 Å². The fraction of sp³-hybridized carbons (Fsp3) is 0.368. The Labute approximate surface area is 144 Å². The third kappa shape index (κ3) is 6.83. The monoisotopic (exact) mass is 348 g/mol. The van der Waals surface area contributed by atoms with Crippen molar-refractivity contribution in [1.29, 1.82) is 0 Å². The Balaban J connectivity index is 1.50. The molecule has 5 heteroatoms. The minimum Gasteiger partial charge on any atom is -0.377 e. The van der Waals surface area contributed by atoms with Crippen LogP contribution in [0.2, 0.25) is 0 Å². The third-order valence-corrected chi connectivity index (χ3v) is 4.89. The SMILES string of the molecule is O=S(=O)(OCCCCCCOCc1ccccc1)c1ccccc1. The van der Waals surface area contributed by atoms with E-state index in [2.05, 4.69) is 0 Å². The van der Waals surface area contributed by atoms with E-state index < -0.39 is 10.1 Å². The summed E-state index contributed by atoms with van der Waals surface area (Å²) in [5, 5.41) is 0. The Bertz CT molecular complexity index is 669. The van der Waals surface area contributed by atoms with Gasteiger partial charge in [-0.3, -0.25) is 4.18 Å². The summed E-state index contributed by atoms with van der Waals surface area (Å²) in [6.45, 7) is 1.58. The average molecular weight is 348 g/mol. The molecule has 0 aliphatic heterocycles. The molecule has 2 aromatic carbocycles. The highest BCUT2D eigenvalue weighted by atomic mass is 32.2. The van der Waals surface area contributed by atoms with Gasteiger partial charge in [0.2, 0.25) is 0 Å². The lowest BCUT2D eigenvalue weighted by molar-refractivity contribution is 0.116. The van der Waals surface area contributed by atoms with Gasteiger partial charge in [-0.15, -0.1) is 0 Å². The molecule has 2 aromatic rings. The standard InChI is InChI=1S/C19H24O4S/c20-24(21,19-13-7-4-8-14-19)23-16-10-2-1-9-15-22-17-18-11-5-3-6-12-18/h3-8,11-14H,1-2,9-10,15-17H2. The molecular weight excluding hydrogens is 324 g/mol. The van der Waals surface area contributed by atoms with E-state index in [1.54, 1.807) is 30.3 Å². The molecule has 0 bridgehead atoms. The molecule has 0 saturated heterocycles. The van der Waals surface area contributed by atoms with Gasteiger partial charge < -0.3 is 4.74 Å². The highest BCUT2D eigenvalue weighted by Crippen LogP contribution is 2.12. The van der Waals surface area contributed by atoms with Gasteiger partial charge in [-0.2, -0.15) is 8.42 Å². The molecule has 0 amide bonds. The first-order valence-electron chi connectivity index (χ1n) is 8.25. The third-order valence-electron chi connectivity index (χ3n) is 3.56. The normalized spacial score (nSPS) is 11.5. The van der Waals surface area contributed by atoms with Crippen molar-refractivity contribution in [3.05, 3.63) is 66.2 Å². The van der Waals surface area contributed by atoms with Gasteiger partial charge in [0, 0.05) is 6.61 Å². The molecule has 24 heavy (non-hydrogen) atoms. The lowest BCUT2D eigenvalue weighted by Crippen LogP contribution is -2.07. The van der Waals surface area contributed by atoms with Crippen LogP contribution in [0.25, 0.3) is 0 Å². The van der Waals surface area contributed by atoms with Crippen molar-refractivity contribution in [2.45, 2.75) is 37.2 Å². The number of ether oxygens (including phenoxy) is 1. The molecule has 0 saturated carbocycles. The van der Waals surface area contributed by atoms with Gasteiger partial charge in [-0.05, 0) is 30.5 Å². The lowest BCUT2D eigenvalue weighted by Gasteiger charge is -2.06. The first kappa shape index (κ1) is 18.6. The number of unbranched alkanes of at least 4 members (excludes halogenated alkanes) is 3. The quantitative estimate of drug-likeness (QED) is 0.452. The van der Waals surface area contributed by atoms with Crippen molar-refractivity contribution in [3.63, 3.8) is 0 Å². The fourth-order valence-electron chi connectivity index (χ4n) is 2.25.